The molecule has 1 aliphatic rings. The summed E-state index contributed by atoms with van der Waals surface area (Å²) in [4.78, 5) is 42.3. The highest BCUT2D eigenvalue weighted by atomic mass is 16.6. The van der Waals surface area contributed by atoms with E-state index in [4.69, 9.17) is 4.74 Å². The molecule has 1 aromatic heterocycles. The van der Waals surface area contributed by atoms with Gasteiger partial charge in [-0.15, -0.1) is 0 Å². The molecule has 172 valence electrons. The van der Waals surface area contributed by atoms with E-state index in [-0.39, 0.29) is 23.2 Å². The van der Waals surface area contributed by atoms with Crippen molar-refractivity contribution in [2.45, 2.75) is 26.0 Å². The summed E-state index contributed by atoms with van der Waals surface area (Å²) in [6.45, 7) is 3.76. The summed E-state index contributed by atoms with van der Waals surface area (Å²) in [7, 11) is 0. The summed E-state index contributed by atoms with van der Waals surface area (Å²) in [5.41, 5.74) is 0.193. The average Bonchev–Trinajstić information content (AvgIpc) is 3.10. The Morgan fingerprint density at radius 3 is 2.44 bits per heavy atom. The van der Waals surface area contributed by atoms with Crippen molar-refractivity contribution in [2.24, 2.45) is 0 Å². The maximum absolute atomic E-state index is 13.1. The molecule has 2 aromatic carbocycles. The third kappa shape index (κ3) is 4.23. The Balaban J connectivity index is 1.89. The highest BCUT2D eigenvalue weighted by Gasteiger charge is 2.47. The first-order chi connectivity index (χ1) is 16.3. The average molecular weight is 459 g/mol. The van der Waals surface area contributed by atoms with Crippen molar-refractivity contribution in [2.75, 3.05) is 4.90 Å². The van der Waals surface area contributed by atoms with Gasteiger partial charge >= 0.3 is 5.91 Å². The number of anilines is 1. The second kappa shape index (κ2) is 9.14. The number of aliphatic hydroxyl groups excluding tert-OH is 1. The molecule has 0 aliphatic carbocycles. The van der Waals surface area contributed by atoms with Gasteiger partial charge in [-0.3, -0.25) is 24.6 Å². The van der Waals surface area contributed by atoms with Crippen molar-refractivity contribution in [3.05, 3.63) is 99.7 Å². The van der Waals surface area contributed by atoms with Crippen molar-refractivity contribution >= 4 is 29.0 Å². The van der Waals surface area contributed by atoms with E-state index in [9.17, 15) is 24.8 Å². The molecule has 3 aromatic rings. The van der Waals surface area contributed by atoms with E-state index in [0.717, 1.165) is 4.90 Å². The zero-order valence-electron chi connectivity index (χ0n) is 18.4. The normalized spacial score (nSPS) is 17.3. The zero-order valence-corrected chi connectivity index (χ0v) is 18.4. The van der Waals surface area contributed by atoms with E-state index in [1.807, 2.05) is 13.8 Å². The van der Waals surface area contributed by atoms with Crippen LogP contribution in [0.2, 0.25) is 0 Å². The van der Waals surface area contributed by atoms with Crippen LogP contribution >= 0.6 is 0 Å². The predicted octanol–water partition coefficient (Wildman–Crippen LogP) is 4.40. The summed E-state index contributed by atoms with van der Waals surface area (Å²) in [5, 5.41) is 22.5. The minimum Gasteiger partial charge on any atom is -0.507 e. The van der Waals surface area contributed by atoms with E-state index in [2.05, 4.69) is 4.98 Å². The van der Waals surface area contributed by atoms with Crippen LogP contribution in [0.25, 0.3) is 5.76 Å². The fourth-order valence-corrected chi connectivity index (χ4v) is 3.81. The van der Waals surface area contributed by atoms with Gasteiger partial charge in [0.1, 0.15) is 17.3 Å². The summed E-state index contributed by atoms with van der Waals surface area (Å²) in [5.74, 6) is -1.44. The number of amides is 1. The zero-order chi connectivity index (χ0) is 24.4. The Morgan fingerprint density at radius 1 is 1.09 bits per heavy atom. The van der Waals surface area contributed by atoms with Gasteiger partial charge in [-0.2, -0.15) is 0 Å². The van der Waals surface area contributed by atoms with Gasteiger partial charge in [0.15, 0.2) is 0 Å². The topological polar surface area (TPSA) is 123 Å². The predicted molar refractivity (Wildman–Crippen MR) is 124 cm³/mol. The number of rotatable bonds is 6. The first-order valence-corrected chi connectivity index (χ1v) is 10.5. The molecule has 1 amide bonds. The van der Waals surface area contributed by atoms with Crippen molar-refractivity contribution in [1.82, 2.24) is 4.98 Å². The summed E-state index contributed by atoms with van der Waals surface area (Å²) in [6.07, 6.45) is 1.42. The summed E-state index contributed by atoms with van der Waals surface area (Å²) >= 11 is 0. The number of aliphatic hydroxyl groups is 1. The maximum Gasteiger partial charge on any atom is 0.301 e. The van der Waals surface area contributed by atoms with Gasteiger partial charge in [0.25, 0.3) is 11.5 Å². The molecule has 9 heteroatoms. The molecule has 34 heavy (non-hydrogen) atoms. The Morgan fingerprint density at radius 2 is 1.82 bits per heavy atom. The third-order valence-corrected chi connectivity index (χ3v) is 5.24. The van der Waals surface area contributed by atoms with Crippen LogP contribution in [-0.2, 0) is 9.59 Å². The van der Waals surface area contributed by atoms with Gasteiger partial charge in [-0.25, -0.2) is 4.98 Å². The molecule has 9 nitrogen and oxygen atoms in total. The van der Waals surface area contributed by atoms with Crippen LogP contribution < -0.4 is 9.64 Å². The molecule has 1 N–H and O–H groups in total. The lowest BCUT2D eigenvalue weighted by Crippen LogP contribution is -2.30. The number of Topliss-reactive ketones (excluding diaryl/α,β-unsaturated/α-hetero) is 1. The molecule has 1 atom stereocenters. The van der Waals surface area contributed by atoms with Crippen LogP contribution in [0.3, 0.4) is 0 Å². The fraction of sp³-hybridized carbons (Fsp3) is 0.160. The van der Waals surface area contributed by atoms with Crippen molar-refractivity contribution in [3.8, 4) is 5.75 Å². The minimum atomic E-state index is -1.11. The molecule has 4 rings (SSSR count). The fourth-order valence-electron chi connectivity index (χ4n) is 3.81. The van der Waals surface area contributed by atoms with E-state index in [1.54, 1.807) is 48.5 Å². The number of ketones is 1. The summed E-state index contributed by atoms with van der Waals surface area (Å²) in [6, 6.07) is 15.8. The minimum absolute atomic E-state index is 0.0444. The standard InChI is InChI=1S/C25H21N3O6/c1-15(2)34-19-11-9-16(10-12-19)23(29)21-22(17-6-5-7-18(14-17)28(32)33)27(25(31)24(21)30)20-8-3-4-13-26-20/h3-15,22,29H,1-2H3/b23-21+/t22-/m1/s1. The smallest absolute Gasteiger partial charge is 0.301 e. The molecule has 2 heterocycles. The Bertz CT molecular complexity index is 1290. The Kier molecular flexibility index (Phi) is 6.09. The number of carbonyl (C=O) groups is 2. The number of pyridine rings is 1. The lowest BCUT2D eigenvalue weighted by molar-refractivity contribution is -0.384. The molecular weight excluding hydrogens is 438 g/mol. The molecule has 0 spiro atoms. The quantitative estimate of drug-likeness (QED) is 0.190. The number of nitro groups is 1. The number of non-ortho nitro benzene ring substituents is 1. The van der Waals surface area contributed by atoms with Crippen LogP contribution in [0.4, 0.5) is 11.5 Å². The molecule has 0 unspecified atom stereocenters. The van der Waals surface area contributed by atoms with Crippen LogP contribution in [0.15, 0.2) is 78.5 Å². The van der Waals surface area contributed by atoms with Crippen molar-refractivity contribution in [1.29, 1.82) is 0 Å². The van der Waals surface area contributed by atoms with E-state index < -0.39 is 28.4 Å². The van der Waals surface area contributed by atoms with E-state index in [0.29, 0.717) is 16.9 Å². The number of nitrogens with zero attached hydrogens (tertiary/aromatic N) is 3. The molecule has 1 saturated heterocycles. The van der Waals surface area contributed by atoms with Crippen molar-refractivity contribution in [3.63, 3.8) is 0 Å². The second-order valence-corrected chi connectivity index (χ2v) is 7.90. The highest BCUT2D eigenvalue weighted by molar-refractivity contribution is 6.51. The molecule has 0 radical (unpaired) electrons. The molecule has 0 bridgehead atoms. The lowest BCUT2D eigenvalue weighted by Gasteiger charge is -2.24. The third-order valence-electron chi connectivity index (χ3n) is 5.24. The first-order valence-electron chi connectivity index (χ1n) is 10.5. The Hall–Kier alpha value is -4.53. The van der Waals surface area contributed by atoms with E-state index >= 15 is 0 Å². The maximum atomic E-state index is 13.1. The molecule has 1 fully saturated rings. The van der Waals surface area contributed by atoms with Crippen LogP contribution in [0, 0.1) is 10.1 Å². The lowest BCUT2D eigenvalue weighted by atomic mass is 9.95. The summed E-state index contributed by atoms with van der Waals surface area (Å²) < 4.78 is 5.61. The number of nitro benzene ring substituents is 1. The molecule has 1 aliphatic heterocycles. The SMILES string of the molecule is CC(C)Oc1ccc(/C(O)=C2\C(=O)C(=O)N(c3ccccn3)[C@@H]2c2cccc([N+](=O)[O-])c2)cc1. The number of aromatic nitrogens is 1. The monoisotopic (exact) mass is 459 g/mol. The number of benzene rings is 2. The van der Waals surface area contributed by atoms with Gasteiger partial charge in [-0.05, 0) is 55.8 Å². The van der Waals surface area contributed by atoms with Gasteiger partial charge < -0.3 is 9.84 Å². The number of carbonyl (C=O) groups excluding carboxylic acids is 2. The number of ether oxygens (including phenoxy) is 1. The first kappa shape index (κ1) is 22.7. The second-order valence-electron chi connectivity index (χ2n) is 7.90. The van der Waals surface area contributed by atoms with E-state index in [1.165, 1.54) is 24.4 Å². The van der Waals surface area contributed by atoms with Gasteiger partial charge in [0.05, 0.1) is 22.6 Å². The number of hydrogen-bond acceptors (Lipinski definition) is 7. The van der Waals surface area contributed by atoms with Crippen LogP contribution in [0.1, 0.15) is 31.0 Å². The number of hydrogen-bond donors (Lipinski definition) is 1. The van der Waals surface area contributed by atoms with Gasteiger partial charge in [0, 0.05) is 23.9 Å². The van der Waals surface area contributed by atoms with Gasteiger partial charge in [-0.1, -0.05) is 18.2 Å². The molecular formula is C25H21N3O6. The van der Waals surface area contributed by atoms with Crippen LogP contribution in [0.5, 0.6) is 5.75 Å². The highest BCUT2D eigenvalue weighted by Crippen LogP contribution is 2.42. The van der Waals surface area contributed by atoms with Gasteiger partial charge in [0.2, 0.25) is 0 Å². The van der Waals surface area contributed by atoms with Crippen molar-refractivity contribution < 1.29 is 24.4 Å². The molecule has 0 saturated carbocycles. The largest absolute Gasteiger partial charge is 0.507 e. The van der Waals surface area contributed by atoms with Crippen LogP contribution in [-0.4, -0.2) is 32.8 Å². The Labute approximate surface area is 195 Å².